The van der Waals surface area contributed by atoms with Crippen molar-refractivity contribution >= 4 is 11.7 Å². The Labute approximate surface area is 99.9 Å². The molecule has 0 fully saturated rings. The van der Waals surface area contributed by atoms with Gasteiger partial charge in [0.15, 0.2) is 0 Å². The average molecular weight is 239 g/mol. The predicted octanol–water partition coefficient (Wildman–Crippen LogP) is 0.347. The van der Waals surface area contributed by atoms with Gasteiger partial charge in [0.05, 0.1) is 18.3 Å². The average Bonchev–Trinajstić information content (AvgIpc) is 2.28. The lowest BCUT2D eigenvalue weighted by atomic mass is 10.0. The van der Waals surface area contributed by atoms with Crippen LogP contribution in [0, 0.1) is 0 Å². The zero-order valence-corrected chi connectivity index (χ0v) is 9.92. The van der Waals surface area contributed by atoms with Gasteiger partial charge in [0, 0.05) is 26.2 Å². The number of rotatable bonds is 5. The second kappa shape index (κ2) is 5.65. The summed E-state index contributed by atoms with van der Waals surface area (Å²) in [5, 5.41) is 27.2. The number of nitrogens with zero attached hydrogens (tertiary/aromatic N) is 1. The molecule has 3 N–H and O–H groups in total. The van der Waals surface area contributed by atoms with Crippen molar-refractivity contribution in [1.82, 2.24) is 0 Å². The quantitative estimate of drug-likeness (QED) is 0.690. The highest BCUT2D eigenvalue weighted by Gasteiger charge is 2.14. The van der Waals surface area contributed by atoms with Gasteiger partial charge in [-0.15, -0.1) is 0 Å². The van der Waals surface area contributed by atoms with Crippen LogP contribution in [0.1, 0.15) is 15.9 Å². The second-order valence-corrected chi connectivity index (χ2v) is 4.08. The molecule has 5 nitrogen and oxygen atoms in total. The van der Waals surface area contributed by atoms with Gasteiger partial charge in [0.1, 0.15) is 0 Å². The molecule has 0 spiro atoms. The fourth-order valence-corrected chi connectivity index (χ4v) is 1.55. The van der Waals surface area contributed by atoms with Crippen LogP contribution >= 0.6 is 0 Å². The van der Waals surface area contributed by atoms with E-state index in [2.05, 4.69) is 0 Å². The maximum Gasteiger partial charge on any atom is 0.335 e. The molecule has 0 bridgehead atoms. The molecule has 0 saturated heterocycles. The second-order valence-electron chi connectivity index (χ2n) is 4.08. The smallest absolute Gasteiger partial charge is 0.335 e. The first-order valence-electron chi connectivity index (χ1n) is 5.28. The van der Waals surface area contributed by atoms with E-state index < -0.39 is 12.1 Å². The first-order valence-corrected chi connectivity index (χ1v) is 5.28. The number of carbonyl (C=O) groups is 1. The van der Waals surface area contributed by atoms with Crippen molar-refractivity contribution in [3.8, 4) is 0 Å². The molecule has 0 radical (unpaired) electrons. The zero-order valence-electron chi connectivity index (χ0n) is 9.92. The van der Waals surface area contributed by atoms with E-state index in [-0.39, 0.29) is 18.6 Å². The molecule has 0 amide bonds. The van der Waals surface area contributed by atoms with Gasteiger partial charge in [-0.3, -0.25) is 0 Å². The van der Waals surface area contributed by atoms with Crippen LogP contribution in [0.3, 0.4) is 0 Å². The lowest BCUT2D eigenvalue weighted by Crippen LogP contribution is -2.18. The molecule has 0 saturated carbocycles. The minimum Gasteiger partial charge on any atom is -0.478 e. The summed E-state index contributed by atoms with van der Waals surface area (Å²) in [5.74, 6) is -1.03. The lowest BCUT2D eigenvalue weighted by molar-refractivity contribution is 0.0691. The number of hydrogen-bond donors (Lipinski definition) is 3. The molecule has 0 heterocycles. The van der Waals surface area contributed by atoms with E-state index in [1.54, 1.807) is 12.1 Å². The van der Waals surface area contributed by atoms with E-state index in [0.29, 0.717) is 5.56 Å². The zero-order chi connectivity index (χ0) is 13.0. The Kier molecular flexibility index (Phi) is 4.48. The molecule has 94 valence electrons. The Balaban J connectivity index is 3.11. The first kappa shape index (κ1) is 13.5. The van der Waals surface area contributed by atoms with E-state index >= 15 is 0 Å². The van der Waals surface area contributed by atoms with Crippen molar-refractivity contribution < 1.29 is 20.1 Å². The summed E-state index contributed by atoms with van der Waals surface area (Å²) in [7, 11) is 3.70. The van der Waals surface area contributed by atoms with E-state index in [4.69, 9.17) is 10.2 Å². The summed E-state index contributed by atoms with van der Waals surface area (Å²) >= 11 is 0. The number of anilines is 1. The van der Waals surface area contributed by atoms with Crippen molar-refractivity contribution in [1.29, 1.82) is 0 Å². The number of aliphatic hydroxyl groups is 2. The Bertz CT molecular complexity index is 403. The summed E-state index contributed by atoms with van der Waals surface area (Å²) in [6, 6.07) is 4.93. The van der Waals surface area contributed by atoms with E-state index in [1.807, 2.05) is 19.0 Å². The minimum atomic E-state index is -1.03. The van der Waals surface area contributed by atoms with Crippen LogP contribution in [0.4, 0.5) is 5.69 Å². The molecule has 1 aromatic rings. The fourth-order valence-electron chi connectivity index (χ4n) is 1.55. The lowest BCUT2D eigenvalue weighted by Gasteiger charge is -2.16. The summed E-state index contributed by atoms with van der Waals surface area (Å²) in [5.41, 5.74) is 1.53. The third-order valence-corrected chi connectivity index (χ3v) is 2.50. The van der Waals surface area contributed by atoms with Crippen molar-refractivity contribution in [2.45, 2.75) is 12.5 Å². The molecule has 1 aromatic carbocycles. The van der Waals surface area contributed by atoms with Crippen LogP contribution in [-0.4, -0.2) is 48.1 Å². The number of aliphatic hydroxyl groups excluding tert-OH is 2. The number of carboxylic acid groups (broad SMARTS) is 1. The molecule has 5 heteroatoms. The topological polar surface area (TPSA) is 81.0 Å². The molecule has 17 heavy (non-hydrogen) atoms. The fraction of sp³-hybridized carbons (Fsp3) is 0.417. The van der Waals surface area contributed by atoms with Crippen LogP contribution in [-0.2, 0) is 6.42 Å². The molecule has 0 aliphatic carbocycles. The predicted molar refractivity (Wildman–Crippen MR) is 64.5 cm³/mol. The van der Waals surface area contributed by atoms with Crippen LogP contribution in [0.25, 0.3) is 0 Å². The molecular formula is C12H17NO4. The molecule has 1 unspecified atom stereocenters. The third kappa shape index (κ3) is 3.44. The SMILES string of the molecule is CN(C)c1ccc(C(=O)O)c(CC(O)CO)c1. The van der Waals surface area contributed by atoms with E-state index in [9.17, 15) is 9.90 Å². The highest BCUT2D eigenvalue weighted by Crippen LogP contribution is 2.19. The summed E-state index contributed by atoms with van der Waals surface area (Å²) < 4.78 is 0. The molecule has 1 rings (SSSR count). The van der Waals surface area contributed by atoms with Gasteiger partial charge in [-0.2, -0.15) is 0 Å². The van der Waals surface area contributed by atoms with Crippen LogP contribution < -0.4 is 4.90 Å². The largest absolute Gasteiger partial charge is 0.478 e. The van der Waals surface area contributed by atoms with Gasteiger partial charge in [-0.25, -0.2) is 4.79 Å². The standard InChI is InChI=1S/C12H17NO4/c1-13(2)9-3-4-11(12(16)17)8(5-9)6-10(15)7-14/h3-5,10,14-15H,6-7H2,1-2H3,(H,16,17). The Morgan fingerprint density at radius 1 is 1.41 bits per heavy atom. The van der Waals surface area contributed by atoms with Gasteiger partial charge >= 0.3 is 5.97 Å². The normalized spacial score (nSPS) is 12.2. The van der Waals surface area contributed by atoms with Crippen molar-refractivity contribution in [2.75, 3.05) is 25.6 Å². The summed E-state index contributed by atoms with van der Waals surface area (Å²) in [6.45, 7) is -0.384. The van der Waals surface area contributed by atoms with Crippen LogP contribution in [0.2, 0.25) is 0 Å². The maximum absolute atomic E-state index is 11.0. The minimum absolute atomic E-state index is 0.125. The van der Waals surface area contributed by atoms with Crippen molar-refractivity contribution in [3.05, 3.63) is 29.3 Å². The first-order chi connectivity index (χ1) is 7.95. The van der Waals surface area contributed by atoms with Gasteiger partial charge in [0.25, 0.3) is 0 Å². The summed E-state index contributed by atoms with van der Waals surface area (Å²) in [4.78, 5) is 12.9. The highest BCUT2D eigenvalue weighted by atomic mass is 16.4. The number of carboxylic acids is 1. The maximum atomic E-state index is 11.0. The Hall–Kier alpha value is -1.59. The van der Waals surface area contributed by atoms with Gasteiger partial charge in [-0.1, -0.05) is 0 Å². The molecule has 0 aliphatic rings. The van der Waals surface area contributed by atoms with Crippen molar-refractivity contribution in [3.63, 3.8) is 0 Å². The molecule has 0 aromatic heterocycles. The van der Waals surface area contributed by atoms with Crippen LogP contribution in [0.15, 0.2) is 18.2 Å². The van der Waals surface area contributed by atoms with E-state index in [0.717, 1.165) is 5.69 Å². The van der Waals surface area contributed by atoms with Crippen molar-refractivity contribution in [2.24, 2.45) is 0 Å². The monoisotopic (exact) mass is 239 g/mol. The molecule has 1 atom stereocenters. The van der Waals surface area contributed by atoms with Crippen LogP contribution in [0.5, 0.6) is 0 Å². The number of aromatic carboxylic acids is 1. The van der Waals surface area contributed by atoms with Gasteiger partial charge in [0.2, 0.25) is 0 Å². The molecule has 0 aliphatic heterocycles. The number of hydrogen-bond acceptors (Lipinski definition) is 4. The van der Waals surface area contributed by atoms with E-state index in [1.165, 1.54) is 6.07 Å². The van der Waals surface area contributed by atoms with Gasteiger partial charge in [-0.05, 0) is 23.8 Å². The number of benzene rings is 1. The summed E-state index contributed by atoms with van der Waals surface area (Å²) in [6.07, 6.45) is -0.815. The third-order valence-electron chi connectivity index (χ3n) is 2.50. The Morgan fingerprint density at radius 2 is 2.06 bits per heavy atom. The Morgan fingerprint density at radius 3 is 2.53 bits per heavy atom. The molecular weight excluding hydrogens is 222 g/mol. The van der Waals surface area contributed by atoms with Gasteiger partial charge < -0.3 is 20.2 Å². The highest BCUT2D eigenvalue weighted by molar-refractivity contribution is 5.90.